The second kappa shape index (κ2) is 5.62. The van der Waals surface area contributed by atoms with E-state index in [1.165, 1.54) is 0 Å². The zero-order chi connectivity index (χ0) is 12.2. The Morgan fingerprint density at radius 2 is 2.38 bits per heavy atom. The number of rotatable bonds is 5. The lowest BCUT2D eigenvalue weighted by molar-refractivity contribution is 0.451. The summed E-state index contributed by atoms with van der Waals surface area (Å²) in [5, 5.41) is 5.80. The van der Waals surface area contributed by atoms with E-state index in [1.807, 2.05) is 0 Å². The van der Waals surface area contributed by atoms with Crippen LogP contribution < -0.4 is 0 Å². The molecule has 0 saturated heterocycles. The van der Waals surface area contributed by atoms with Crippen LogP contribution in [0.3, 0.4) is 0 Å². The largest absolute Gasteiger partial charge is 0.278 e. The fourth-order valence-electron chi connectivity index (χ4n) is 1.01. The number of halogens is 2. The van der Waals surface area contributed by atoms with E-state index in [0.29, 0.717) is 0 Å². The van der Waals surface area contributed by atoms with Crippen molar-refractivity contribution in [3.63, 3.8) is 0 Å². The van der Waals surface area contributed by atoms with Gasteiger partial charge < -0.3 is 0 Å². The third-order valence-corrected chi connectivity index (χ3v) is 4.13. The summed E-state index contributed by atoms with van der Waals surface area (Å²) in [6.07, 6.45) is 1.12. The maximum atomic E-state index is 11.9. The van der Waals surface area contributed by atoms with Crippen LogP contribution in [0.1, 0.15) is 6.92 Å². The van der Waals surface area contributed by atoms with Gasteiger partial charge in [-0.3, -0.25) is 0 Å². The quantitative estimate of drug-likeness (QED) is 0.879. The van der Waals surface area contributed by atoms with Gasteiger partial charge in [0.15, 0.2) is 0 Å². The van der Waals surface area contributed by atoms with Crippen molar-refractivity contribution < 1.29 is 8.42 Å². The Bertz CT molecular complexity index is 457. The van der Waals surface area contributed by atoms with Gasteiger partial charge in [-0.05, 0) is 0 Å². The third-order valence-electron chi connectivity index (χ3n) is 1.78. The molecule has 16 heavy (non-hydrogen) atoms. The van der Waals surface area contributed by atoms with Gasteiger partial charge in [-0.2, -0.15) is 9.40 Å². The van der Waals surface area contributed by atoms with E-state index in [1.54, 1.807) is 6.92 Å². The van der Waals surface area contributed by atoms with Crippen molar-refractivity contribution in [3.8, 4) is 0 Å². The molecule has 6 nitrogen and oxygen atoms in total. The number of nitrogens with one attached hydrogen (secondary N) is 1. The van der Waals surface area contributed by atoms with Gasteiger partial charge in [0, 0.05) is 17.1 Å². The first-order valence-corrected chi connectivity index (χ1v) is 6.58. The molecule has 1 N–H and O–H groups in total. The zero-order valence-electron chi connectivity index (χ0n) is 8.39. The molecule has 0 atom stereocenters. The molecule has 0 amide bonds. The van der Waals surface area contributed by atoms with Crippen molar-refractivity contribution in [3.05, 3.63) is 16.9 Å². The second-order valence-electron chi connectivity index (χ2n) is 2.78. The monoisotopic (exact) mass is 284 g/mol. The van der Waals surface area contributed by atoms with E-state index < -0.39 is 10.0 Å². The van der Waals surface area contributed by atoms with Crippen LogP contribution in [0.5, 0.6) is 0 Å². The van der Waals surface area contributed by atoms with E-state index in [2.05, 4.69) is 15.2 Å². The van der Waals surface area contributed by atoms with Gasteiger partial charge in [-0.25, -0.2) is 18.5 Å². The maximum Gasteiger partial charge on any atom is 0.278 e. The first-order chi connectivity index (χ1) is 7.52. The molecule has 0 radical (unpaired) electrons. The van der Waals surface area contributed by atoms with Crippen LogP contribution in [-0.4, -0.2) is 41.0 Å². The Kier molecular flexibility index (Phi) is 4.72. The van der Waals surface area contributed by atoms with Crippen LogP contribution in [0.4, 0.5) is 0 Å². The molecule has 0 unspecified atom stereocenters. The van der Waals surface area contributed by atoms with Gasteiger partial charge in [-0.1, -0.05) is 30.1 Å². The Labute approximate surface area is 103 Å². The molecule has 1 aromatic rings. The van der Waals surface area contributed by atoms with Gasteiger partial charge in [0.2, 0.25) is 0 Å². The highest BCUT2D eigenvalue weighted by Gasteiger charge is 2.26. The highest BCUT2D eigenvalue weighted by atomic mass is 35.5. The Morgan fingerprint density at radius 1 is 1.69 bits per heavy atom. The molecule has 1 heterocycles. The predicted molar refractivity (Wildman–Crippen MR) is 60.6 cm³/mol. The number of hydrogen-bond donors (Lipinski definition) is 1. The van der Waals surface area contributed by atoms with Crippen molar-refractivity contribution >= 4 is 33.2 Å². The van der Waals surface area contributed by atoms with Crippen LogP contribution in [-0.2, 0) is 10.0 Å². The first-order valence-electron chi connectivity index (χ1n) is 4.32. The van der Waals surface area contributed by atoms with Crippen LogP contribution in [0, 0.1) is 0 Å². The average molecular weight is 285 g/mol. The lowest BCUT2D eigenvalue weighted by Crippen LogP contribution is -2.32. The molecule has 0 saturated carbocycles. The molecule has 0 bridgehead atoms. The summed E-state index contributed by atoms with van der Waals surface area (Å²) in [7, 11) is -3.69. The number of H-pyrrole nitrogens is 1. The highest BCUT2D eigenvalue weighted by molar-refractivity contribution is 7.88. The zero-order valence-corrected chi connectivity index (χ0v) is 10.7. The molecule has 0 aliphatic carbocycles. The van der Waals surface area contributed by atoms with E-state index >= 15 is 0 Å². The minimum atomic E-state index is -3.69. The lowest BCUT2D eigenvalue weighted by atomic mass is 10.6. The number of hydrogen-bond acceptors (Lipinski definition) is 4. The van der Waals surface area contributed by atoms with Gasteiger partial charge >= 0.3 is 0 Å². The molecule has 0 aliphatic heterocycles. The van der Waals surface area contributed by atoms with Crippen LogP contribution in [0.15, 0.2) is 22.1 Å². The summed E-state index contributed by atoms with van der Waals surface area (Å²) in [5.74, 6) is 0. The van der Waals surface area contributed by atoms with Crippen LogP contribution >= 0.6 is 23.2 Å². The van der Waals surface area contributed by atoms with Crippen molar-refractivity contribution in [1.29, 1.82) is 0 Å². The number of nitrogens with zero attached hydrogens (tertiary/aromatic N) is 3. The smallest absolute Gasteiger partial charge is 0.249 e. The Balaban J connectivity index is 2.97. The molecule has 0 aliphatic rings. The highest BCUT2D eigenvalue weighted by Crippen LogP contribution is 2.14. The van der Waals surface area contributed by atoms with Crippen molar-refractivity contribution in [2.75, 3.05) is 13.1 Å². The standard InChI is InChI=1S/C7H10Cl2N4O2S/c1-2-13(4-6(9)3-8)16(14,15)7-10-5-11-12-7/h3,5H,2,4H2,1H3,(H,10,11,12)/b6-3-. The summed E-state index contributed by atoms with van der Waals surface area (Å²) >= 11 is 11.1. The minimum Gasteiger partial charge on any atom is -0.249 e. The van der Waals surface area contributed by atoms with Crippen molar-refractivity contribution in [1.82, 2.24) is 19.5 Å². The van der Waals surface area contributed by atoms with Gasteiger partial charge in [0.25, 0.3) is 15.2 Å². The average Bonchev–Trinajstić information content (AvgIpc) is 2.78. The minimum absolute atomic E-state index is 0.00455. The summed E-state index contributed by atoms with van der Waals surface area (Å²) in [6.45, 7) is 1.95. The van der Waals surface area contributed by atoms with Crippen LogP contribution in [0.25, 0.3) is 0 Å². The van der Waals surface area contributed by atoms with Gasteiger partial charge in [0.1, 0.15) is 6.33 Å². The number of aromatic nitrogens is 3. The fraction of sp³-hybridized carbons (Fsp3) is 0.429. The van der Waals surface area contributed by atoms with E-state index in [9.17, 15) is 8.42 Å². The molecule has 0 fully saturated rings. The topological polar surface area (TPSA) is 79.0 Å². The second-order valence-corrected chi connectivity index (χ2v) is 5.33. The third kappa shape index (κ3) is 2.94. The first kappa shape index (κ1) is 13.4. The summed E-state index contributed by atoms with van der Waals surface area (Å²) in [6, 6.07) is 0. The lowest BCUT2D eigenvalue weighted by Gasteiger charge is -2.17. The van der Waals surface area contributed by atoms with Crippen molar-refractivity contribution in [2.24, 2.45) is 0 Å². The summed E-state index contributed by atoms with van der Waals surface area (Å²) in [5.41, 5.74) is 1.13. The van der Waals surface area contributed by atoms with Crippen LogP contribution in [0.2, 0.25) is 0 Å². The molecule has 0 aromatic carbocycles. The normalized spacial score (nSPS) is 13.4. The molecular formula is C7H10Cl2N4O2S. The predicted octanol–water partition coefficient (Wildman–Crippen LogP) is 1.13. The van der Waals surface area contributed by atoms with E-state index in [0.717, 1.165) is 16.2 Å². The Morgan fingerprint density at radius 3 is 2.81 bits per heavy atom. The molecular weight excluding hydrogens is 275 g/mol. The molecule has 1 rings (SSSR count). The molecule has 1 aromatic heterocycles. The number of sulfonamides is 1. The molecule has 90 valence electrons. The number of aromatic amines is 1. The molecule has 0 spiro atoms. The number of likely N-dealkylation sites (N-methyl/N-ethyl adjacent to an activating group) is 1. The summed E-state index contributed by atoms with van der Waals surface area (Å²) in [4.78, 5) is 3.60. The fourth-order valence-corrected chi connectivity index (χ4v) is 2.54. The van der Waals surface area contributed by atoms with Gasteiger partial charge in [-0.15, -0.1) is 0 Å². The van der Waals surface area contributed by atoms with E-state index in [-0.39, 0.29) is 23.3 Å². The summed E-state index contributed by atoms with van der Waals surface area (Å²) < 4.78 is 25.0. The van der Waals surface area contributed by atoms with Gasteiger partial charge in [0.05, 0.1) is 6.54 Å². The Hall–Kier alpha value is -0.630. The SMILES string of the molecule is CCN(C/C(Cl)=C/Cl)S(=O)(=O)c1ncn[nH]1. The van der Waals surface area contributed by atoms with Crippen molar-refractivity contribution in [2.45, 2.75) is 12.1 Å². The molecule has 9 heteroatoms. The maximum absolute atomic E-state index is 11.9. The van der Waals surface area contributed by atoms with E-state index in [4.69, 9.17) is 23.2 Å².